The third kappa shape index (κ3) is 4.65. The summed E-state index contributed by atoms with van der Waals surface area (Å²) in [5, 5.41) is 7.05. The van der Waals surface area contributed by atoms with E-state index < -0.39 is 0 Å². The molecule has 114 valence electrons. The first-order valence-electron chi connectivity index (χ1n) is 7.62. The molecule has 0 amide bonds. The Hall–Kier alpha value is -1.19. The molecule has 1 aromatic carbocycles. The molecule has 0 bridgehead atoms. The van der Waals surface area contributed by atoms with E-state index in [0.29, 0.717) is 6.04 Å². The fourth-order valence-corrected chi connectivity index (χ4v) is 3.37. The number of thiazole rings is 1. The van der Waals surface area contributed by atoms with Gasteiger partial charge in [-0.05, 0) is 12.0 Å². The van der Waals surface area contributed by atoms with Crippen LogP contribution in [-0.2, 0) is 11.8 Å². The van der Waals surface area contributed by atoms with Crippen LogP contribution in [0, 0.1) is 0 Å². The van der Waals surface area contributed by atoms with Gasteiger partial charge in [0.25, 0.3) is 0 Å². The standard InChI is InChI=1S/C18H26N2S/c1-13(2)19-15(11-14-9-7-6-8-10-14)17-20-16(12-21-17)18(3,4)5/h6-10,12-13,15,19H,11H2,1-5H3. The minimum atomic E-state index is 0.115. The summed E-state index contributed by atoms with van der Waals surface area (Å²) in [5.41, 5.74) is 2.65. The van der Waals surface area contributed by atoms with Crippen molar-refractivity contribution in [3.63, 3.8) is 0 Å². The summed E-state index contributed by atoms with van der Waals surface area (Å²) in [5.74, 6) is 0. The van der Waals surface area contributed by atoms with Gasteiger partial charge in [-0.2, -0.15) is 0 Å². The highest BCUT2D eigenvalue weighted by atomic mass is 32.1. The molecule has 1 atom stereocenters. The van der Waals surface area contributed by atoms with Crippen molar-refractivity contribution in [1.29, 1.82) is 0 Å². The highest BCUT2D eigenvalue weighted by Crippen LogP contribution is 2.28. The lowest BCUT2D eigenvalue weighted by Gasteiger charge is -2.20. The molecule has 21 heavy (non-hydrogen) atoms. The third-order valence-electron chi connectivity index (χ3n) is 3.41. The van der Waals surface area contributed by atoms with E-state index >= 15 is 0 Å². The highest BCUT2D eigenvalue weighted by molar-refractivity contribution is 7.09. The maximum absolute atomic E-state index is 4.89. The first kappa shape index (κ1) is 16.2. The van der Waals surface area contributed by atoms with Crippen molar-refractivity contribution in [3.05, 3.63) is 52.0 Å². The molecule has 0 saturated heterocycles. The average molecular weight is 302 g/mol. The molecule has 1 N–H and O–H groups in total. The van der Waals surface area contributed by atoms with Crippen LogP contribution in [0.15, 0.2) is 35.7 Å². The molecule has 1 unspecified atom stereocenters. The molecular weight excluding hydrogens is 276 g/mol. The summed E-state index contributed by atoms with van der Waals surface area (Å²) >= 11 is 1.77. The molecule has 2 rings (SSSR count). The van der Waals surface area contributed by atoms with Gasteiger partial charge >= 0.3 is 0 Å². The van der Waals surface area contributed by atoms with E-state index in [9.17, 15) is 0 Å². The van der Waals surface area contributed by atoms with Crippen LogP contribution in [0.1, 0.15) is 56.9 Å². The van der Waals surface area contributed by atoms with Gasteiger partial charge in [0.2, 0.25) is 0 Å². The number of nitrogens with one attached hydrogen (secondary N) is 1. The number of nitrogens with zero attached hydrogens (tertiary/aromatic N) is 1. The Morgan fingerprint density at radius 2 is 1.81 bits per heavy atom. The minimum absolute atomic E-state index is 0.115. The first-order chi connectivity index (χ1) is 9.86. The first-order valence-corrected chi connectivity index (χ1v) is 8.50. The van der Waals surface area contributed by atoms with E-state index in [4.69, 9.17) is 4.98 Å². The summed E-state index contributed by atoms with van der Waals surface area (Å²) in [4.78, 5) is 4.89. The van der Waals surface area contributed by atoms with Gasteiger partial charge in [-0.1, -0.05) is 65.0 Å². The van der Waals surface area contributed by atoms with Gasteiger partial charge in [-0.25, -0.2) is 4.98 Å². The maximum Gasteiger partial charge on any atom is 0.110 e. The van der Waals surface area contributed by atoms with E-state index in [2.05, 4.69) is 75.6 Å². The Morgan fingerprint density at radius 1 is 1.14 bits per heavy atom. The molecule has 0 radical (unpaired) electrons. The molecule has 1 aromatic heterocycles. The summed E-state index contributed by atoms with van der Waals surface area (Å²) in [7, 11) is 0. The van der Waals surface area contributed by atoms with Crippen LogP contribution in [-0.4, -0.2) is 11.0 Å². The SMILES string of the molecule is CC(C)NC(Cc1ccccc1)c1nc(C(C)(C)C)cs1. The Bertz CT molecular complexity index is 552. The van der Waals surface area contributed by atoms with Crippen molar-refractivity contribution < 1.29 is 0 Å². The molecule has 0 aliphatic rings. The topological polar surface area (TPSA) is 24.9 Å². The van der Waals surface area contributed by atoms with Crippen LogP contribution in [0.3, 0.4) is 0 Å². The number of aromatic nitrogens is 1. The lowest BCUT2D eigenvalue weighted by atomic mass is 9.93. The number of hydrogen-bond acceptors (Lipinski definition) is 3. The van der Waals surface area contributed by atoms with E-state index in [1.165, 1.54) is 16.3 Å². The lowest BCUT2D eigenvalue weighted by Crippen LogP contribution is -2.29. The zero-order valence-electron chi connectivity index (χ0n) is 13.7. The summed E-state index contributed by atoms with van der Waals surface area (Å²) in [6, 6.07) is 11.4. The molecule has 2 nitrogen and oxygen atoms in total. The van der Waals surface area contributed by atoms with Crippen molar-refractivity contribution in [2.75, 3.05) is 0 Å². The van der Waals surface area contributed by atoms with E-state index in [0.717, 1.165) is 6.42 Å². The zero-order chi connectivity index (χ0) is 15.5. The molecule has 1 heterocycles. The highest BCUT2D eigenvalue weighted by Gasteiger charge is 2.22. The van der Waals surface area contributed by atoms with Crippen molar-refractivity contribution in [2.45, 2.75) is 58.5 Å². The molecule has 0 saturated carbocycles. The molecule has 0 aliphatic carbocycles. The van der Waals surface area contributed by atoms with Gasteiger partial charge in [0.05, 0.1) is 11.7 Å². The smallest absolute Gasteiger partial charge is 0.110 e. The average Bonchev–Trinajstić information content (AvgIpc) is 2.88. The largest absolute Gasteiger partial charge is 0.305 e. The Labute approximate surface area is 132 Å². The van der Waals surface area contributed by atoms with Gasteiger partial charge in [0.1, 0.15) is 5.01 Å². The normalized spacial score (nSPS) is 13.6. The Kier molecular flexibility index (Phi) is 5.17. The van der Waals surface area contributed by atoms with Crippen LogP contribution in [0.2, 0.25) is 0 Å². The Balaban J connectivity index is 2.21. The van der Waals surface area contributed by atoms with Gasteiger partial charge in [0.15, 0.2) is 0 Å². The molecule has 0 spiro atoms. The van der Waals surface area contributed by atoms with Gasteiger partial charge < -0.3 is 5.32 Å². The molecule has 0 fully saturated rings. The molecular formula is C18H26N2S. The van der Waals surface area contributed by atoms with Crippen LogP contribution >= 0.6 is 11.3 Å². The van der Waals surface area contributed by atoms with Crippen LogP contribution < -0.4 is 5.32 Å². The summed E-state index contributed by atoms with van der Waals surface area (Å²) < 4.78 is 0. The van der Waals surface area contributed by atoms with Crippen LogP contribution in [0.5, 0.6) is 0 Å². The fraction of sp³-hybridized carbons (Fsp3) is 0.500. The second-order valence-corrected chi connectivity index (χ2v) is 7.77. The molecule has 3 heteroatoms. The molecule has 2 aromatic rings. The minimum Gasteiger partial charge on any atom is -0.305 e. The predicted octanol–water partition coefficient (Wildman–Crippen LogP) is 4.72. The summed E-state index contributed by atoms with van der Waals surface area (Å²) in [6.45, 7) is 11.0. The monoisotopic (exact) mass is 302 g/mol. The van der Waals surface area contributed by atoms with Gasteiger partial charge in [-0.3, -0.25) is 0 Å². The quantitative estimate of drug-likeness (QED) is 0.864. The van der Waals surface area contributed by atoms with Crippen LogP contribution in [0.4, 0.5) is 0 Å². The summed E-state index contributed by atoms with van der Waals surface area (Å²) in [6.07, 6.45) is 0.982. The lowest BCUT2D eigenvalue weighted by molar-refractivity contribution is 0.469. The predicted molar refractivity (Wildman–Crippen MR) is 92.0 cm³/mol. The van der Waals surface area contributed by atoms with E-state index in [-0.39, 0.29) is 11.5 Å². The number of hydrogen-bond donors (Lipinski definition) is 1. The van der Waals surface area contributed by atoms with E-state index in [1.54, 1.807) is 11.3 Å². The fourth-order valence-electron chi connectivity index (χ4n) is 2.26. The Morgan fingerprint density at radius 3 is 2.33 bits per heavy atom. The number of benzene rings is 1. The van der Waals surface area contributed by atoms with E-state index in [1.807, 2.05) is 0 Å². The van der Waals surface area contributed by atoms with Crippen molar-refractivity contribution in [3.8, 4) is 0 Å². The second-order valence-electron chi connectivity index (χ2n) is 6.88. The van der Waals surface area contributed by atoms with Gasteiger partial charge in [-0.15, -0.1) is 11.3 Å². The zero-order valence-corrected chi connectivity index (χ0v) is 14.5. The number of rotatable bonds is 5. The maximum atomic E-state index is 4.89. The third-order valence-corrected chi connectivity index (χ3v) is 4.36. The van der Waals surface area contributed by atoms with Crippen molar-refractivity contribution in [2.24, 2.45) is 0 Å². The van der Waals surface area contributed by atoms with Crippen LogP contribution in [0.25, 0.3) is 0 Å². The van der Waals surface area contributed by atoms with Crippen molar-refractivity contribution in [1.82, 2.24) is 10.3 Å². The van der Waals surface area contributed by atoms with Gasteiger partial charge in [0, 0.05) is 16.8 Å². The second kappa shape index (κ2) is 6.71. The molecule has 0 aliphatic heterocycles. The van der Waals surface area contributed by atoms with Crippen molar-refractivity contribution >= 4 is 11.3 Å².